The van der Waals surface area contributed by atoms with E-state index >= 15 is 0 Å². The van der Waals surface area contributed by atoms with E-state index in [1.165, 1.54) is 18.4 Å². The summed E-state index contributed by atoms with van der Waals surface area (Å²) >= 11 is 9.65. The monoisotopic (exact) mass is 360 g/mol. The lowest BCUT2D eigenvalue weighted by Crippen LogP contribution is -2.37. The van der Waals surface area contributed by atoms with Crippen molar-refractivity contribution in [2.24, 2.45) is 11.7 Å². The van der Waals surface area contributed by atoms with Gasteiger partial charge in [0.15, 0.2) is 0 Å². The van der Waals surface area contributed by atoms with Gasteiger partial charge in [-0.15, -0.1) is 0 Å². The quantitative estimate of drug-likeness (QED) is 0.716. The third kappa shape index (κ3) is 4.73. The first kappa shape index (κ1) is 18.0. The molecule has 0 aliphatic carbocycles. The zero-order valence-corrected chi connectivity index (χ0v) is 15.0. The van der Waals surface area contributed by atoms with Crippen molar-refractivity contribution >= 4 is 27.5 Å². The summed E-state index contributed by atoms with van der Waals surface area (Å²) < 4.78 is 1.04. The van der Waals surface area contributed by atoms with E-state index in [1.807, 2.05) is 12.1 Å². The van der Waals surface area contributed by atoms with Crippen LogP contribution in [-0.4, -0.2) is 24.5 Å². The van der Waals surface area contributed by atoms with Crippen LogP contribution < -0.4 is 5.73 Å². The molecule has 0 fully saturated rings. The van der Waals surface area contributed by atoms with Gasteiger partial charge in [-0.25, -0.2) is 0 Å². The summed E-state index contributed by atoms with van der Waals surface area (Å²) in [4.78, 5) is 2.48. The fourth-order valence-corrected chi connectivity index (χ4v) is 3.55. The minimum absolute atomic E-state index is 0.243. The van der Waals surface area contributed by atoms with Gasteiger partial charge in [-0.1, -0.05) is 67.2 Å². The Bertz CT molecular complexity index is 407. The van der Waals surface area contributed by atoms with Gasteiger partial charge in [0.05, 0.1) is 0 Å². The number of nitrogens with zero attached hydrogens (tertiary/aromatic N) is 1. The standard InChI is InChI=1S/C16H26BrClN2/c1-4-12(5-2)11-20(6-3)16(10-19)14-8-7-13(18)9-15(14)17/h7-9,12,16H,4-6,10-11,19H2,1-3H3. The van der Waals surface area contributed by atoms with Crippen LogP contribution in [0.5, 0.6) is 0 Å². The number of nitrogens with two attached hydrogens (primary N) is 1. The SMILES string of the molecule is CCC(CC)CN(CC)C(CN)c1ccc(Cl)cc1Br. The van der Waals surface area contributed by atoms with Crippen LogP contribution in [-0.2, 0) is 0 Å². The summed E-state index contributed by atoms with van der Waals surface area (Å²) in [5.41, 5.74) is 7.28. The van der Waals surface area contributed by atoms with E-state index in [4.69, 9.17) is 17.3 Å². The molecule has 0 radical (unpaired) electrons. The molecule has 0 heterocycles. The maximum atomic E-state index is 6.05. The van der Waals surface area contributed by atoms with Crippen LogP contribution in [0.2, 0.25) is 5.02 Å². The van der Waals surface area contributed by atoms with Gasteiger partial charge in [-0.05, 0) is 30.2 Å². The Balaban J connectivity index is 2.96. The molecule has 0 aliphatic rings. The zero-order valence-electron chi connectivity index (χ0n) is 12.7. The van der Waals surface area contributed by atoms with Crippen LogP contribution in [0.4, 0.5) is 0 Å². The van der Waals surface area contributed by atoms with Gasteiger partial charge in [0.2, 0.25) is 0 Å². The van der Waals surface area contributed by atoms with Crippen LogP contribution in [0.25, 0.3) is 0 Å². The van der Waals surface area contributed by atoms with Crippen LogP contribution in [0.1, 0.15) is 45.2 Å². The van der Waals surface area contributed by atoms with Crippen LogP contribution in [0.3, 0.4) is 0 Å². The van der Waals surface area contributed by atoms with Crippen molar-refractivity contribution in [2.45, 2.75) is 39.7 Å². The van der Waals surface area contributed by atoms with Crippen LogP contribution in [0, 0.1) is 5.92 Å². The smallest absolute Gasteiger partial charge is 0.0481 e. The molecule has 1 unspecified atom stereocenters. The summed E-state index contributed by atoms with van der Waals surface area (Å²) in [6.07, 6.45) is 2.43. The fourth-order valence-electron chi connectivity index (χ4n) is 2.60. The van der Waals surface area contributed by atoms with Gasteiger partial charge < -0.3 is 5.73 Å². The third-order valence-corrected chi connectivity index (χ3v) is 4.96. The molecule has 1 atom stereocenters. The second-order valence-corrected chi connectivity index (χ2v) is 6.48. The Morgan fingerprint density at radius 3 is 2.35 bits per heavy atom. The summed E-state index contributed by atoms with van der Waals surface area (Å²) in [7, 11) is 0. The largest absolute Gasteiger partial charge is 0.329 e. The molecule has 0 amide bonds. The Hall–Kier alpha value is -0.0900. The normalized spacial score (nSPS) is 13.2. The van der Waals surface area contributed by atoms with Gasteiger partial charge >= 0.3 is 0 Å². The van der Waals surface area contributed by atoms with Crippen molar-refractivity contribution < 1.29 is 0 Å². The summed E-state index contributed by atoms with van der Waals surface area (Å²) in [6.45, 7) is 9.45. The first-order valence-corrected chi connectivity index (χ1v) is 8.63. The highest BCUT2D eigenvalue weighted by Crippen LogP contribution is 2.30. The van der Waals surface area contributed by atoms with Crippen molar-refractivity contribution in [1.82, 2.24) is 4.90 Å². The van der Waals surface area contributed by atoms with Crippen molar-refractivity contribution in [2.75, 3.05) is 19.6 Å². The molecule has 2 nitrogen and oxygen atoms in total. The van der Waals surface area contributed by atoms with Crippen molar-refractivity contribution in [1.29, 1.82) is 0 Å². The first-order valence-electron chi connectivity index (χ1n) is 7.46. The van der Waals surface area contributed by atoms with E-state index in [1.54, 1.807) is 0 Å². The minimum Gasteiger partial charge on any atom is -0.329 e. The predicted molar refractivity (Wildman–Crippen MR) is 92.3 cm³/mol. The average Bonchev–Trinajstić information content (AvgIpc) is 2.45. The number of hydrogen-bond acceptors (Lipinski definition) is 2. The minimum atomic E-state index is 0.243. The average molecular weight is 362 g/mol. The maximum Gasteiger partial charge on any atom is 0.0481 e. The molecule has 2 N–H and O–H groups in total. The lowest BCUT2D eigenvalue weighted by Gasteiger charge is -2.33. The van der Waals surface area contributed by atoms with Crippen LogP contribution in [0.15, 0.2) is 22.7 Å². The molecule has 114 valence electrons. The topological polar surface area (TPSA) is 29.3 Å². The molecule has 0 saturated heterocycles. The maximum absolute atomic E-state index is 6.05. The molecule has 0 aromatic heterocycles. The van der Waals surface area contributed by atoms with Gasteiger partial charge in [0.1, 0.15) is 0 Å². The van der Waals surface area contributed by atoms with Crippen LogP contribution >= 0.6 is 27.5 Å². The molecule has 0 aliphatic heterocycles. The summed E-state index contributed by atoms with van der Waals surface area (Å²) in [6, 6.07) is 6.21. The molecular weight excluding hydrogens is 336 g/mol. The van der Waals surface area contributed by atoms with Gasteiger partial charge in [-0.3, -0.25) is 4.90 Å². The van der Waals surface area contributed by atoms with E-state index in [-0.39, 0.29) is 6.04 Å². The first-order chi connectivity index (χ1) is 9.57. The molecule has 20 heavy (non-hydrogen) atoms. The number of hydrogen-bond donors (Lipinski definition) is 1. The second kappa shape index (κ2) is 9.04. The van der Waals surface area contributed by atoms with Gasteiger partial charge in [0, 0.05) is 28.6 Å². The highest BCUT2D eigenvalue weighted by atomic mass is 79.9. The zero-order chi connectivity index (χ0) is 15.1. The molecule has 1 aromatic rings. The van der Waals surface area contributed by atoms with Crippen molar-refractivity contribution in [3.8, 4) is 0 Å². The lowest BCUT2D eigenvalue weighted by molar-refractivity contribution is 0.174. The fraction of sp³-hybridized carbons (Fsp3) is 0.625. The number of halogens is 2. The van der Waals surface area contributed by atoms with Crippen molar-refractivity contribution in [3.05, 3.63) is 33.3 Å². The molecule has 1 rings (SSSR count). The van der Waals surface area contributed by atoms with E-state index in [0.29, 0.717) is 6.54 Å². The molecule has 4 heteroatoms. The van der Waals surface area contributed by atoms with E-state index < -0.39 is 0 Å². The number of likely N-dealkylation sites (N-methyl/N-ethyl adjacent to an activating group) is 1. The Labute approximate surface area is 136 Å². The molecule has 0 spiro atoms. The third-order valence-electron chi connectivity index (χ3n) is 4.04. The molecule has 0 bridgehead atoms. The summed E-state index contributed by atoms with van der Waals surface area (Å²) in [5, 5.41) is 0.749. The Morgan fingerprint density at radius 1 is 1.25 bits per heavy atom. The van der Waals surface area contributed by atoms with E-state index in [0.717, 1.165) is 28.5 Å². The van der Waals surface area contributed by atoms with Crippen molar-refractivity contribution in [3.63, 3.8) is 0 Å². The Kier molecular flexibility index (Phi) is 8.11. The number of benzene rings is 1. The highest BCUT2D eigenvalue weighted by Gasteiger charge is 2.22. The molecule has 1 aromatic carbocycles. The number of rotatable bonds is 8. The van der Waals surface area contributed by atoms with Gasteiger partial charge in [-0.2, -0.15) is 0 Å². The van der Waals surface area contributed by atoms with Gasteiger partial charge in [0.25, 0.3) is 0 Å². The molecular formula is C16H26BrClN2. The second-order valence-electron chi connectivity index (χ2n) is 5.19. The highest BCUT2D eigenvalue weighted by molar-refractivity contribution is 9.10. The van der Waals surface area contributed by atoms with E-state index in [2.05, 4.69) is 47.7 Å². The van der Waals surface area contributed by atoms with E-state index in [9.17, 15) is 0 Å². The molecule has 0 saturated carbocycles. The predicted octanol–water partition coefficient (Wildman–Crippen LogP) is 4.86. The lowest BCUT2D eigenvalue weighted by atomic mass is 9.99. The summed E-state index contributed by atoms with van der Waals surface area (Å²) in [5.74, 6) is 0.732. The Morgan fingerprint density at radius 2 is 1.90 bits per heavy atom.